The zero-order valence-corrected chi connectivity index (χ0v) is 13.9. The molecule has 0 saturated heterocycles. The normalized spacial score (nSPS) is 19.7. The zero-order chi connectivity index (χ0) is 18.0. The third-order valence-electron chi connectivity index (χ3n) is 3.74. The molecule has 1 atom stereocenters. The Hall–Kier alpha value is -2.81. The molecule has 0 radical (unpaired) electrons. The Kier molecular flexibility index (Phi) is 4.49. The Labute approximate surface area is 147 Å². The fraction of sp³-hybridized carbons (Fsp3) is 0.267. The molecule has 1 aromatic heterocycles. The fourth-order valence-electron chi connectivity index (χ4n) is 2.46. The molecule has 1 amide bonds. The number of ether oxygens (including phenoxy) is 2. The highest BCUT2D eigenvalue weighted by molar-refractivity contribution is 6.31. The molecule has 2 heterocycles. The molecule has 8 nitrogen and oxygen atoms in total. The van der Waals surface area contributed by atoms with E-state index in [2.05, 4.69) is 20.5 Å². The molecule has 25 heavy (non-hydrogen) atoms. The molecule has 3 rings (SSSR count). The average molecular weight is 368 g/mol. The number of hydrogen-bond donors (Lipinski definition) is 3. The second-order valence-electron chi connectivity index (χ2n) is 5.58. The van der Waals surface area contributed by atoms with Crippen LogP contribution in [0.3, 0.4) is 0 Å². The van der Waals surface area contributed by atoms with E-state index in [0.717, 1.165) is 0 Å². The van der Waals surface area contributed by atoms with Crippen molar-refractivity contribution in [2.24, 2.45) is 10.7 Å². The summed E-state index contributed by atoms with van der Waals surface area (Å²) in [6, 6.07) is 4.12. The molecule has 10 heteroatoms. The molecular weight excluding hydrogens is 353 g/mol. The van der Waals surface area contributed by atoms with Crippen LogP contribution in [0, 0.1) is 5.82 Å². The number of halogens is 2. The maximum absolute atomic E-state index is 14.3. The summed E-state index contributed by atoms with van der Waals surface area (Å²) >= 11 is 5.78. The van der Waals surface area contributed by atoms with Gasteiger partial charge in [0.05, 0.1) is 18.3 Å². The van der Waals surface area contributed by atoms with Gasteiger partial charge in [-0.05, 0) is 25.1 Å². The van der Waals surface area contributed by atoms with E-state index < -0.39 is 17.4 Å². The molecule has 0 saturated carbocycles. The van der Waals surface area contributed by atoms with E-state index in [1.165, 1.54) is 24.4 Å². The summed E-state index contributed by atoms with van der Waals surface area (Å²) in [6.07, 6.45) is 0.945. The monoisotopic (exact) mass is 367 g/mol. The van der Waals surface area contributed by atoms with Gasteiger partial charge in [-0.2, -0.15) is 5.10 Å². The van der Waals surface area contributed by atoms with E-state index in [-0.39, 0.29) is 22.5 Å². The molecule has 132 valence electrons. The van der Waals surface area contributed by atoms with Crippen LogP contribution in [-0.4, -0.2) is 28.9 Å². The molecule has 0 unspecified atom stereocenters. The maximum atomic E-state index is 14.3. The third kappa shape index (κ3) is 3.66. The summed E-state index contributed by atoms with van der Waals surface area (Å²) in [5, 5.41) is 8.73. The van der Waals surface area contributed by atoms with E-state index in [0.29, 0.717) is 18.7 Å². The first-order valence-electron chi connectivity index (χ1n) is 7.33. The first-order chi connectivity index (χ1) is 11.9. The number of carbonyl (C=O) groups is 1. The number of rotatable bonds is 3. The smallest absolute Gasteiger partial charge is 0.418 e. The van der Waals surface area contributed by atoms with E-state index in [1.54, 1.807) is 6.92 Å². The predicted molar refractivity (Wildman–Crippen MR) is 89.2 cm³/mol. The topological polar surface area (TPSA) is 115 Å². The van der Waals surface area contributed by atoms with Crippen molar-refractivity contribution in [3.05, 3.63) is 40.8 Å². The van der Waals surface area contributed by atoms with Crippen LogP contribution in [0.15, 0.2) is 29.4 Å². The summed E-state index contributed by atoms with van der Waals surface area (Å²) in [6.45, 7) is 2.07. The second kappa shape index (κ2) is 6.60. The van der Waals surface area contributed by atoms with Gasteiger partial charge < -0.3 is 15.2 Å². The Morgan fingerprint density at radius 1 is 1.56 bits per heavy atom. The molecule has 0 aliphatic carbocycles. The van der Waals surface area contributed by atoms with Crippen molar-refractivity contribution in [2.75, 3.05) is 11.9 Å². The van der Waals surface area contributed by atoms with Crippen molar-refractivity contribution < 1.29 is 18.7 Å². The number of nitrogens with zero attached hydrogens (tertiary/aromatic N) is 2. The van der Waals surface area contributed by atoms with Crippen LogP contribution >= 0.6 is 11.6 Å². The maximum Gasteiger partial charge on any atom is 0.418 e. The van der Waals surface area contributed by atoms with Crippen LogP contribution in [0.1, 0.15) is 18.9 Å². The lowest BCUT2D eigenvalue weighted by Gasteiger charge is -2.30. The number of aromatic nitrogens is 2. The highest BCUT2D eigenvalue weighted by atomic mass is 35.5. The van der Waals surface area contributed by atoms with Crippen molar-refractivity contribution in [2.45, 2.75) is 18.9 Å². The largest absolute Gasteiger partial charge is 0.465 e. The number of aromatic amines is 1. The van der Waals surface area contributed by atoms with Crippen LogP contribution in [-0.2, 0) is 10.3 Å². The zero-order valence-electron chi connectivity index (χ0n) is 13.2. The number of nitrogens with one attached hydrogen (secondary N) is 2. The quantitative estimate of drug-likeness (QED) is 0.771. The first kappa shape index (κ1) is 17.0. The number of amides is 1. The third-order valence-corrected chi connectivity index (χ3v) is 4.01. The van der Waals surface area contributed by atoms with Crippen molar-refractivity contribution >= 4 is 29.4 Å². The Morgan fingerprint density at radius 3 is 3.04 bits per heavy atom. The highest BCUT2D eigenvalue weighted by Crippen LogP contribution is 2.35. The number of anilines is 1. The summed E-state index contributed by atoms with van der Waals surface area (Å²) < 4.78 is 24.4. The number of hydrogen-bond acceptors (Lipinski definition) is 6. The fourth-order valence-corrected chi connectivity index (χ4v) is 2.59. The first-order valence-corrected chi connectivity index (χ1v) is 7.71. The lowest BCUT2D eigenvalue weighted by atomic mass is 9.88. The van der Waals surface area contributed by atoms with Crippen molar-refractivity contribution in [3.63, 3.8) is 0 Å². The second-order valence-corrected chi connectivity index (χ2v) is 5.99. The minimum Gasteiger partial charge on any atom is -0.465 e. The van der Waals surface area contributed by atoms with Gasteiger partial charge in [0.2, 0.25) is 5.88 Å². The van der Waals surface area contributed by atoms with Crippen molar-refractivity contribution in [3.8, 4) is 5.88 Å². The molecule has 0 spiro atoms. The number of aliphatic imine (C=N–C) groups is 1. The van der Waals surface area contributed by atoms with Crippen LogP contribution in [0.25, 0.3) is 0 Å². The van der Waals surface area contributed by atoms with Gasteiger partial charge in [-0.3, -0.25) is 5.32 Å². The van der Waals surface area contributed by atoms with Gasteiger partial charge in [-0.25, -0.2) is 19.3 Å². The number of H-pyrrole nitrogens is 1. The lowest BCUT2D eigenvalue weighted by molar-refractivity contribution is 0.212. The highest BCUT2D eigenvalue weighted by Gasteiger charge is 2.33. The van der Waals surface area contributed by atoms with Crippen molar-refractivity contribution in [1.82, 2.24) is 10.2 Å². The van der Waals surface area contributed by atoms with Gasteiger partial charge in [0.15, 0.2) is 0 Å². The van der Waals surface area contributed by atoms with Gasteiger partial charge in [-0.15, -0.1) is 0 Å². The van der Waals surface area contributed by atoms with Crippen molar-refractivity contribution in [1.29, 1.82) is 0 Å². The van der Waals surface area contributed by atoms with E-state index in [9.17, 15) is 9.18 Å². The van der Waals surface area contributed by atoms with E-state index in [4.69, 9.17) is 26.8 Å². The molecule has 1 aromatic carbocycles. The lowest BCUT2D eigenvalue weighted by Crippen LogP contribution is -2.34. The minimum atomic E-state index is -0.888. The van der Waals surface area contributed by atoms with Gasteiger partial charge in [-0.1, -0.05) is 11.6 Å². The van der Waals surface area contributed by atoms with Gasteiger partial charge in [0.1, 0.15) is 10.8 Å². The molecule has 1 aliphatic heterocycles. The van der Waals surface area contributed by atoms with Crippen LogP contribution < -0.4 is 15.8 Å². The molecule has 0 fully saturated rings. The van der Waals surface area contributed by atoms with E-state index in [1.807, 2.05) is 0 Å². The molecule has 2 aromatic rings. The van der Waals surface area contributed by atoms with Crippen LogP contribution in [0.2, 0.25) is 5.02 Å². The van der Waals surface area contributed by atoms with E-state index >= 15 is 0 Å². The van der Waals surface area contributed by atoms with Gasteiger partial charge in [0.25, 0.3) is 6.02 Å². The number of benzene rings is 1. The number of amidine groups is 1. The summed E-state index contributed by atoms with van der Waals surface area (Å²) in [4.78, 5) is 16.1. The Morgan fingerprint density at radius 2 is 2.36 bits per heavy atom. The Balaban J connectivity index is 1.81. The Bertz CT molecular complexity index is 840. The SMILES string of the molecule is C[C@@]1(c2cc(NC(=O)Oc3[nH]ncc3Cl)ccc2F)CCOC(N)=N1. The van der Waals surface area contributed by atoms with Crippen LogP contribution in [0.4, 0.5) is 14.9 Å². The summed E-state index contributed by atoms with van der Waals surface area (Å²) in [5.41, 5.74) is 5.33. The molecule has 4 N–H and O–H groups in total. The van der Waals surface area contributed by atoms with Gasteiger partial charge in [0, 0.05) is 17.7 Å². The number of nitrogens with two attached hydrogens (primary N) is 1. The number of carbonyl (C=O) groups excluding carboxylic acids is 1. The van der Waals surface area contributed by atoms with Crippen LogP contribution in [0.5, 0.6) is 5.88 Å². The standard InChI is InChI=1S/C15H15ClFN5O3/c1-15(4-5-24-13(18)21-15)9-6-8(2-3-11(9)17)20-14(23)25-12-10(16)7-19-22-12/h2-3,6-7H,4-5H2,1H3,(H2,18,21)(H,19,22)(H,20,23)/t15-/m0/s1. The molecular formula is C15H15ClFN5O3. The van der Waals surface area contributed by atoms with Gasteiger partial charge >= 0.3 is 6.09 Å². The average Bonchev–Trinajstić information content (AvgIpc) is 2.94. The predicted octanol–water partition coefficient (Wildman–Crippen LogP) is 2.76. The summed E-state index contributed by atoms with van der Waals surface area (Å²) in [7, 11) is 0. The molecule has 1 aliphatic rings. The molecule has 0 bridgehead atoms. The minimum absolute atomic E-state index is 0.000177. The summed E-state index contributed by atoms with van der Waals surface area (Å²) in [5.74, 6) is -0.452.